The number of hydrogen-bond acceptors (Lipinski definition) is 4. The van der Waals surface area contributed by atoms with Crippen LogP contribution in [0.25, 0.3) is 0 Å². The Morgan fingerprint density at radius 3 is 3.00 bits per heavy atom. The molecular formula is C14H22N4O2. The highest BCUT2D eigenvalue weighted by molar-refractivity contribution is 5.97. The van der Waals surface area contributed by atoms with Gasteiger partial charge >= 0.3 is 0 Å². The van der Waals surface area contributed by atoms with E-state index in [1.54, 1.807) is 0 Å². The van der Waals surface area contributed by atoms with Crippen molar-refractivity contribution in [2.45, 2.75) is 51.2 Å². The molecule has 6 nitrogen and oxygen atoms in total. The molecule has 110 valence electrons. The number of nitrogens with two attached hydrogens (primary N) is 1. The first-order valence-corrected chi connectivity index (χ1v) is 7.46. The number of aromatic nitrogens is 2. The zero-order valence-electron chi connectivity index (χ0n) is 11.8. The van der Waals surface area contributed by atoms with Gasteiger partial charge in [-0.2, -0.15) is 5.10 Å². The molecule has 4 N–H and O–H groups in total. The molecule has 2 aliphatic rings. The van der Waals surface area contributed by atoms with Crippen molar-refractivity contribution in [2.24, 2.45) is 5.92 Å². The van der Waals surface area contributed by atoms with Crippen LogP contribution in [0.5, 0.6) is 0 Å². The number of hydrogen-bond donors (Lipinski definition) is 3. The monoisotopic (exact) mass is 278 g/mol. The predicted octanol–water partition coefficient (Wildman–Crippen LogP) is 1.24. The second-order valence-corrected chi connectivity index (χ2v) is 5.76. The van der Waals surface area contributed by atoms with Crippen LogP contribution < -0.4 is 11.1 Å². The molecule has 1 saturated heterocycles. The fourth-order valence-corrected chi connectivity index (χ4v) is 2.89. The molecule has 3 rings (SSSR count). The van der Waals surface area contributed by atoms with Crippen molar-refractivity contribution in [1.82, 2.24) is 15.5 Å². The number of nitrogens with zero attached hydrogens (tertiary/aromatic N) is 1. The third kappa shape index (κ3) is 2.52. The van der Waals surface area contributed by atoms with E-state index < -0.39 is 0 Å². The first-order chi connectivity index (χ1) is 9.70. The Morgan fingerprint density at radius 2 is 2.30 bits per heavy atom. The fraction of sp³-hybridized carbons (Fsp3) is 0.714. The van der Waals surface area contributed by atoms with Gasteiger partial charge in [0.15, 0.2) is 5.69 Å². The van der Waals surface area contributed by atoms with Crippen molar-refractivity contribution in [2.75, 3.05) is 12.3 Å². The molecule has 2 unspecified atom stereocenters. The molecule has 1 aliphatic carbocycles. The molecule has 0 bridgehead atoms. The lowest BCUT2D eigenvalue weighted by atomic mass is 10.1. The zero-order chi connectivity index (χ0) is 14.1. The number of aryl methyl sites for hydroxylation is 1. The van der Waals surface area contributed by atoms with Gasteiger partial charge in [-0.1, -0.05) is 13.3 Å². The minimum atomic E-state index is -0.192. The van der Waals surface area contributed by atoms with Crippen LogP contribution in [0.3, 0.4) is 0 Å². The van der Waals surface area contributed by atoms with Gasteiger partial charge in [0.1, 0.15) is 0 Å². The Balaban J connectivity index is 1.66. The quantitative estimate of drug-likeness (QED) is 0.755. The van der Waals surface area contributed by atoms with Gasteiger partial charge in [0.2, 0.25) is 0 Å². The highest BCUT2D eigenvalue weighted by Crippen LogP contribution is 2.38. The second-order valence-electron chi connectivity index (χ2n) is 5.76. The molecule has 6 heteroatoms. The normalized spacial score (nSPS) is 25.9. The van der Waals surface area contributed by atoms with Gasteiger partial charge in [-0.25, -0.2) is 0 Å². The molecule has 1 amide bonds. The molecule has 1 saturated carbocycles. The van der Waals surface area contributed by atoms with Crippen LogP contribution in [0.2, 0.25) is 0 Å². The highest BCUT2D eigenvalue weighted by atomic mass is 16.5. The van der Waals surface area contributed by atoms with Crippen molar-refractivity contribution in [3.8, 4) is 0 Å². The van der Waals surface area contributed by atoms with Gasteiger partial charge < -0.3 is 15.8 Å². The Morgan fingerprint density at radius 1 is 1.50 bits per heavy atom. The maximum Gasteiger partial charge on any atom is 0.274 e. The molecular weight excluding hydrogens is 256 g/mol. The summed E-state index contributed by atoms with van der Waals surface area (Å²) in [7, 11) is 0. The number of rotatable bonds is 5. The van der Waals surface area contributed by atoms with Crippen molar-refractivity contribution >= 4 is 11.6 Å². The van der Waals surface area contributed by atoms with Crippen LogP contribution in [-0.2, 0) is 11.2 Å². The predicted molar refractivity (Wildman–Crippen MR) is 75.3 cm³/mol. The van der Waals surface area contributed by atoms with Crippen LogP contribution in [-0.4, -0.2) is 34.9 Å². The molecule has 1 aliphatic heterocycles. The number of nitrogen functional groups attached to an aromatic ring is 1. The first kappa shape index (κ1) is 13.4. The van der Waals surface area contributed by atoms with Gasteiger partial charge in [-0.3, -0.25) is 9.89 Å². The zero-order valence-corrected chi connectivity index (χ0v) is 11.8. The summed E-state index contributed by atoms with van der Waals surface area (Å²) in [5.74, 6) is 0.428. The van der Waals surface area contributed by atoms with E-state index in [1.165, 1.54) is 12.8 Å². The standard InChI is InChI=1S/C14H22N4O2/c1-2-3-9-11(15)12(18-17-9)14(19)16-10-6-7-20-13(10)8-4-5-8/h8,10,13H,2-7,15H2,1H3,(H,16,19)(H,17,18). The molecule has 2 heterocycles. The summed E-state index contributed by atoms with van der Waals surface area (Å²) in [6.45, 7) is 2.79. The first-order valence-electron chi connectivity index (χ1n) is 7.46. The van der Waals surface area contributed by atoms with E-state index in [-0.39, 0.29) is 18.1 Å². The third-order valence-electron chi connectivity index (χ3n) is 4.14. The van der Waals surface area contributed by atoms with Gasteiger partial charge in [-0.15, -0.1) is 0 Å². The number of anilines is 1. The lowest BCUT2D eigenvalue weighted by Crippen LogP contribution is -2.41. The molecule has 1 aromatic rings. The molecule has 0 spiro atoms. The summed E-state index contributed by atoms with van der Waals surface area (Å²) < 4.78 is 5.73. The second kappa shape index (κ2) is 5.44. The summed E-state index contributed by atoms with van der Waals surface area (Å²) in [6, 6.07) is 0.0979. The summed E-state index contributed by atoms with van der Waals surface area (Å²) in [5, 5.41) is 9.96. The van der Waals surface area contributed by atoms with Crippen molar-refractivity contribution < 1.29 is 9.53 Å². The maximum absolute atomic E-state index is 12.3. The molecule has 2 atom stereocenters. The van der Waals surface area contributed by atoms with Crippen LogP contribution in [0, 0.1) is 5.92 Å². The Labute approximate surface area is 118 Å². The summed E-state index contributed by atoms with van der Waals surface area (Å²) in [4.78, 5) is 12.3. The van der Waals surface area contributed by atoms with Crippen LogP contribution in [0.4, 0.5) is 5.69 Å². The minimum absolute atomic E-state index is 0.0979. The third-order valence-corrected chi connectivity index (χ3v) is 4.14. The molecule has 0 aromatic carbocycles. The topological polar surface area (TPSA) is 93.0 Å². The summed E-state index contributed by atoms with van der Waals surface area (Å²) >= 11 is 0. The number of amides is 1. The van der Waals surface area contributed by atoms with Crippen LogP contribution >= 0.6 is 0 Å². The number of aromatic amines is 1. The summed E-state index contributed by atoms with van der Waals surface area (Å²) in [6.07, 6.45) is 5.25. The van der Waals surface area contributed by atoms with E-state index in [1.807, 2.05) is 0 Å². The largest absolute Gasteiger partial charge is 0.395 e. The van der Waals surface area contributed by atoms with E-state index in [0.717, 1.165) is 31.6 Å². The van der Waals surface area contributed by atoms with Crippen molar-refractivity contribution in [1.29, 1.82) is 0 Å². The van der Waals surface area contributed by atoms with Crippen molar-refractivity contribution in [3.63, 3.8) is 0 Å². The molecule has 2 fully saturated rings. The minimum Gasteiger partial charge on any atom is -0.395 e. The Bertz CT molecular complexity index is 495. The number of carbonyl (C=O) groups excluding carboxylic acids is 1. The SMILES string of the molecule is CCCc1[nH]nc(C(=O)NC2CCOC2C2CC2)c1N. The maximum atomic E-state index is 12.3. The van der Waals surface area contributed by atoms with E-state index in [0.29, 0.717) is 17.3 Å². The molecule has 0 radical (unpaired) electrons. The lowest BCUT2D eigenvalue weighted by Gasteiger charge is -2.18. The van der Waals surface area contributed by atoms with Crippen molar-refractivity contribution in [3.05, 3.63) is 11.4 Å². The fourth-order valence-electron chi connectivity index (χ4n) is 2.89. The van der Waals surface area contributed by atoms with Gasteiger partial charge in [0.05, 0.1) is 23.5 Å². The Kier molecular flexibility index (Phi) is 3.65. The smallest absolute Gasteiger partial charge is 0.274 e. The van der Waals surface area contributed by atoms with E-state index in [2.05, 4.69) is 22.4 Å². The summed E-state index contributed by atoms with van der Waals surface area (Å²) in [5.41, 5.74) is 7.62. The Hall–Kier alpha value is -1.56. The average Bonchev–Trinajstić information content (AvgIpc) is 3.07. The van der Waals surface area contributed by atoms with Gasteiger partial charge in [0.25, 0.3) is 5.91 Å². The van der Waals surface area contributed by atoms with Gasteiger partial charge in [0, 0.05) is 6.61 Å². The number of carbonyl (C=O) groups is 1. The van der Waals surface area contributed by atoms with Crippen LogP contribution in [0.15, 0.2) is 0 Å². The molecule has 20 heavy (non-hydrogen) atoms. The highest BCUT2D eigenvalue weighted by Gasteiger charge is 2.41. The van der Waals surface area contributed by atoms with E-state index in [4.69, 9.17) is 10.5 Å². The number of nitrogens with one attached hydrogen (secondary N) is 2. The van der Waals surface area contributed by atoms with Crippen LogP contribution in [0.1, 0.15) is 48.8 Å². The van der Waals surface area contributed by atoms with Gasteiger partial charge in [-0.05, 0) is 31.6 Å². The number of H-pyrrole nitrogens is 1. The van der Waals surface area contributed by atoms with E-state index in [9.17, 15) is 4.79 Å². The molecule has 1 aromatic heterocycles. The lowest BCUT2D eigenvalue weighted by molar-refractivity contribution is 0.0727. The average molecular weight is 278 g/mol. The van der Waals surface area contributed by atoms with E-state index >= 15 is 0 Å². The number of ether oxygens (including phenoxy) is 1.